The van der Waals surface area contributed by atoms with Crippen LogP contribution in [0.15, 0.2) is 133 Å². The Morgan fingerprint density at radius 3 is 1.62 bits per heavy atom. The fourth-order valence-corrected chi connectivity index (χ4v) is 3.76. The molecule has 32 heavy (non-hydrogen) atoms. The van der Waals surface area contributed by atoms with E-state index < -0.39 is 5.60 Å². The Kier molecular flexibility index (Phi) is 6.59. The van der Waals surface area contributed by atoms with E-state index in [1.165, 1.54) is 0 Å². The minimum Gasteiger partial charge on any atom is -0.380 e. The van der Waals surface area contributed by atoms with Crippen molar-refractivity contribution in [3.05, 3.63) is 150 Å². The zero-order valence-electron chi connectivity index (χ0n) is 17.7. The average Bonchev–Trinajstić information content (AvgIpc) is 2.86. The van der Waals surface area contributed by atoms with Gasteiger partial charge in [-0.2, -0.15) is 0 Å². The van der Waals surface area contributed by atoms with Crippen LogP contribution < -0.4 is 5.32 Å². The van der Waals surface area contributed by atoms with Gasteiger partial charge in [-0.25, -0.2) is 0 Å². The Balaban J connectivity index is 1.76. The molecule has 0 heterocycles. The molecule has 4 rings (SSSR count). The maximum atomic E-state index is 13.0. The molecule has 0 saturated heterocycles. The van der Waals surface area contributed by atoms with Crippen molar-refractivity contribution in [1.29, 1.82) is 0 Å². The first-order chi connectivity index (χ1) is 15.6. The molecule has 0 atom stereocenters. The standard InChI is InChI=1S/C29H25NO2/c31-28(23-13-5-1-6-14-23)21-27(30-26-19-11-4-12-20-26)22-29(32,24-15-7-2-8-16-24)25-17-9-3-10-18-25/h1-21,30,32H,22H2/b27-21+. The van der Waals surface area contributed by atoms with E-state index in [4.69, 9.17) is 0 Å². The van der Waals surface area contributed by atoms with Gasteiger partial charge >= 0.3 is 0 Å². The number of carbonyl (C=O) groups excluding carboxylic acids is 1. The molecule has 0 aromatic heterocycles. The molecule has 158 valence electrons. The summed E-state index contributed by atoms with van der Waals surface area (Å²) >= 11 is 0. The van der Waals surface area contributed by atoms with Crippen LogP contribution in [-0.4, -0.2) is 10.9 Å². The smallest absolute Gasteiger partial charge is 0.187 e. The Morgan fingerprint density at radius 1 is 0.688 bits per heavy atom. The molecule has 0 radical (unpaired) electrons. The highest BCUT2D eigenvalue weighted by molar-refractivity contribution is 6.05. The lowest BCUT2D eigenvalue weighted by Crippen LogP contribution is -2.29. The number of ketones is 1. The van der Waals surface area contributed by atoms with Gasteiger partial charge in [-0.3, -0.25) is 4.79 Å². The van der Waals surface area contributed by atoms with Crippen molar-refractivity contribution in [3.63, 3.8) is 0 Å². The maximum Gasteiger partial charge on any atom is 0.187 e. The summed E-state index contributed by atoms with van der Waals surface area (Å²) in [7, 11) is 0. The largest absolute Gasteiger partial charge is 0.380 e. The third kappa shape index (κ3) is 5.02. The van der Waals surface area contributed by atoms with Crippen LogP contribution in [0.4, 0.5) is 5.69 Å². The number of aliphatic hydroxyl groups is 1. The quantitative estimate of drug-likeness (QED) is 0.264. The fourth-order valence-electron chi connectivity index (χ4n) is 3.76. The number of rotatable bonds is 8. The van der Waals surface area contributed by atoms with E-state index in [1.54, 1.807) is 18.2 Å². The van der Waals surface area contributed by atoms with Crippen LogP contribution in [0.25, 0.3) is 0 Å². The molecule has 4 aromatic carbocycles. The van der Waals surface area contributed by atoms with Crippen LogP contribution in [0.1, 0.15) is 27.9 Å². The molecular formula is C29H25NO2. The van der Waals surface area contributed by atoms with Crippen LogP contribution >= 0.6 is 0 Å². The normalized spacial score (nSPS) is 11.7. The summed E-state index contributed by atoms with van der Waals surface area (Å²) in [5.41, 5.74) is 2.29. The zero-order valence-corrected chi connectivity index (χ0v) is 17.7. The summed E-state index contributed by atoms with van der Waals surface area (Å²) in [6, 6.07) is 37.9. The van der Waals surface area contributed by atoms with Gasteiger partial charge in [0.2, 0.25) is 0 Å². The molecule has 4 aromatic rings. The molecule has 3 heteroatoms. The molecule has 0 bridgehead atoms. The first-order valence-corrected chi connectivity index (χ1v) is 10.6. The van der Waals surface area contributed by atoms with Gasteiger partial charge in [-0.05, 0) is 23.3 Å². The first-order valence-electron chi connectivity index (χ1n) is 10.6. The van der Waals surface area contributed by atoms with Crippen molar-refractivity contribution in [2.45, 2.75) is 12.0 Å². The zero-order chi connectivity index (χ0) is 22.2. The van der Waals surface area contributed by atoms with Crippen molar-refractivity contribution in [2.24, 2.45) is 0 Å². The van der Waals surface area contributed by atoms with Gasteiger partial charge in [-0.15, -0.1) is 0 Å². The third-order valence-electron chi connectivity index (χ3n) is 5.39. The van der Waals surface area contributed by atoms with Crippen LogP contribution in [0, 0.1) is 0 Å². The molecule has 0 aliphatic rings. The summed E-state index contributed by atoms with van der Waals surface area (Å²) in [6.45, 7) is 0. The van der Waals surface area contributed by atoms with Crippen LogP contribution in [0.2, 0.25) is 0 Å². The van der Waals surface area contributed by atoms with Crippen molar-refractivity contribution in [3.8, 4) is 0 Å². The summed E-state index contributed by atoms with van der Waals surface area (Å²) < 4.78 is 0. The van der Waals surface area contributed by atoms with E-state index in [9.17, 15) is 9.90 Å². The van der Waals surface area contributed by atoms with Crippen molar-refractivity contribution >= 4 is 11.5 Å². The van der Waals surface area contributed by atoms with Gasteiger partial charge < -0.3 is 10.4 Å². The minimum absolute atomic E-state index is 0.118. The highest BCUT2D eigenvalue weighted by atomic mass is 16.3. The third-order valence-corrected chi connectivity index (χ3v) is 5.39. The molecule has 3 nitrogen and oxygen atoms in total. The number of para-hydroxylation sites is 1. The van der Waals surface area contributed by atoms with Gasteiger partial charge in [0.1, 0.15) is 5.60 Å². The van der Waals surface area contributed by atoms with Crippen molar-refractivity contribution < 1.29 is 9.90 Å². The number of anilines is 1. The number of carbonyl (C=O) groups is 1. The van der Waals surface area contributed by atoms with Gasteiger partial charge in [0.15, 0.2) is 5.78 Å². The van der Waals surface area contributed by atoms with E-state index in [-0.39, 0.29) is 12.2 Å². The Labute approximate surface area is 188 Å². The second-order valence-electron chi connectivity index (χ2n) is 7.66. The molecule has 2 N–H and O–H groups in total. The lowest BCUT2D eigenvalue weighted by atomic mass is 9.82. The predicted molar refractivity (Wildman–Crippen MR) is 129 cm³/mol. The Hall–Kier alpha value is -3.95. The summed E-state index contributed by atoms with van der Waals surface area (Å²) in [5.74, 6) is -0.118. The van der Waals surface area contributed by atoms with E-state index in [1.807, 2.05) is 109 Å². The number of allylic oxidation sites excluding steroid dienone is 1. The SMILES string of the molecule is O=C(/C=C(\CC(O)(c1ccccc1)c1ccccc1)Nc1ccccc1)c1ccccc1. The molecule has 0 fully saturated rings. The molecule has 0 unspecified atom stereocenters. The van der Waals surface area contributed by atoms with E-state index in [2.05, 4.69) is 5.32 Å². The Morgan fingerprint density at radius 2 is 1.12 bits per heavy atom. The topological polar surface area (TPSA) is 49.3 Å². The molecular weight excluding hydrogens is 394 g/mol. The summed E-state index contributed by atoms with van der Waals surface area (Å²) in [6.07, 6.45) is 1.79. The van der Waals surface area contributed by atoms with Gasteiger partial charge in [-0.1, -0.05) is 109 Å². The second kappa shape index (κ2) is 9.90. The number of nitrogens with one attached hydrogen (secondary N) is 1. The van der Waals surface area contributed by atoms with E-state index in [0.717, 1.165) is 16.8 Å². The Bertz CT molecular complexity index is 1130. The molecule has 0 amide bonds. The number of hydrogen-bond donors (Lipinski definition) is 2. The minimum atomic E-state index is -1.31. The second-order valence-corrected chi connectivity index (χ2v) is 7.66. The van der Waals surface area contributed by atoms with Gasteiger partial charge in [0.25, 0.3) is 0 Å². The van der Waals surface area contributed by atoms with E-state index in [0.29, 0.717) is 11.3 Å². The van der Waals surface area contributed by atoms with Crippen LogP contribution in [0.5, 0.6) is 0 Å². The molecule has 0 spiro atoms. The maximum absolute atomic E-state index is 13.0. The molecule has 0 saturated carbocycles. The van der Waals surface area contributed by atoms with Crippen LogP contribution in [0.3, 0.4) is 0 Å². The lowest BCUT2D eigenvalue weighted by Gasteiger charge is -2.31. The predicted octanol–water partition coefficient (Wildman–Crippen LogP) is 6.19. The van der Waals surface area contributed by atoms with E-state index >= 15 is 0 Å². The first kappa shape index (κ1) is 21.3. The highest BCUT2D eigenvalue weighted by Gasteiger charge is 2.33. The van der Waals surface area contributed by atoms with Gasteiger partial charge in [0.05, 0.1) is 0 Å². The number of hydrogen-bond acceptors (Lipinski definition) is 3. The lowest BCUT2D eigenvalue weighted by molar-refractivity contribution is 0.0812. The molecule has 0 aliphatic heterocycles. The molecule has 0 aliphatic carbocycles. The van der Waals surface area contributed by atoms with Crippen molar-refractivity contribution in [1.82, 2.24) is 0 Å². The summed E-state index contributed by atoms with van der Waals surface area (Å²) in [4.78, 5) is 13.0. The van der Waals surface area contributed by atoms with Crippen molar-refractivity contribution in [2.75, 3.05) is 5.32 Å². The fraction of sp³-hybridized carbons (Fsp3) is 0.0690. The number of benzene rings is 4. The highest BCUT2D eigenvalue weighted by Crippen LogP contribution is 2.36. The summed E-state index contributed by atoms with van der Waals surface area (Å²) in [5, 5.41) is 15.3. The average molecular weight is 420 g/mol. The monoisotopic (exact) mass is 419 g/mol. The van der Waals surface area contributed by atoms with Gasteiger partial charge in [0, 0.05) is 29.4 Å². The van der Waals surface area contributed by atoms with Crippen LogP contribution in [-0.2, 0) is 5.60 Å².